The van der Waals surface area contributed by atoms with Crippen LogP contribution in [0.5, 0.6) is 0 Å². The van der Waals surface area contributed by atoms with Gasteiger partial charge in [-0.1, -0.05) is 86.8 Å². The minimum Gasteiger partial charge on any atom is -0.398 e. The lowest BCUT2D eigenvalue weighted by Crippen LogP contribution is -2.37. The number of primary amides is 1. The molecule has 0 fully saturated rings. The standard InChI is InChI=1S/C38H41ClN6O5S/c1-4-6-20-43(21-7-5-2)38(48)35-34(39)25(3)45(42-35)33-19-17-28(23-31(33)36(41)46)37(47)44(24-29-14-10-11-15-32(29)40)51(49,50)30-18-16-26-12-8-9-13-27(26)22-30/h8-19,22-23H,4-7,20-21,24,40H2,1-3H3,(H2,41,46). The molecule has 0 saturated heterocycles. The zero-order chi connectivity index (χ0) is 36.9. The number of nitrogens with zero attached hydrogens (tertiary/aromatic N) is 4. The van der Waals surface area contributed by atoms with Gasteiger partial charge in [0.15, 0.2) is 5.69 Å². The second-order valence-electron chi connectivity index (χ2n) is 12.3. The SMILES string of the molecule is CCCCN(CCCC)C(=O)c1nn(-c2ccc(C(=O)N(Cc3ccccc3N)S(=O)(=O)c3ccc4ccccc4c3)cc2C(N)=O)c(C)c1Cl. The molecule has 0 aliphatic rings. The second kappa shape index (κ2) is 15.8. The highest BCUT2D eigenvalue weighted by atomic mass is 35.5. The number of sulfonamides is 1. The van der Waals surface area contributed by atoms with Crippen LogP contribution in [-0.4, -0.2) is 58.2 Å². The maximum absolute atomic E-state index is 14.3. The number of nitrogens with two attached hydrogens (primary N) is 2. The van der Waals surface area contributed by atoms with Crippen LogP contribution in [0.25, 0.3) is 16.5 Å². The van der Waals surface area contributed by atoms with Crippen molar-refractivity contribution < 1.29 is 22.8 Å². The Morgan fingerprint density at radius 3 is 2.14 bits per heavy atom. The highest BCUT2D eigenvalue weighted by Crippen LogP contribution is 2.30. The lowest BCUT2D eigenvalue weighted by atomic mass is 10.1. The molecule has 0 unspecified atom stereocenters. The lowest BCUT2D eigenvalue weighted by Gasteiger charge is -2.24. The Morgan fingerprint density at radius 1 is 0.843 bits per heavy atom. The third kappa shape index (κ3) is 7.77. The molecule has 0 saturated carbocycles. The number of para-hydroxylation sites is 1. The Bertz CT molecular complexity index is 2210. The summed E-state index contributed by atoms with van der Waals surface area (Å²) < 4.78 is 30.6. The fourth-order valence-corrected chi connectivity index (χ4v) is 7.37. The van der Waals surface area contributed by atoms with Gasteiger partial charge in [-0.05, 0) is 72.5 Å². The molecule has 4 N–H and O–H groups in total. The van der Waals surface area contributed by atoms with E-state index in [0.29, 0.717) is 35.4 Å². The molecule has 1 heterocycles. The summed E-state index contributed by atoms with van der Waals surface area (Å²) in [5, 5.41) is 6.15. The number of hydrogen-bond donors (Lipinski definition) is 2. The molecule has 0 aliphatic heterocycles. The monoisotopic (exact) mass is 728 g/mol. The van der Waals surface area contributed by atoms with Gasteiger partial charge in [0.25, 0.3) is 27.7 Å². The van der Waals surface area contributed by atoms with E-state index >= 15 is 0 Å². The van der Waals surface area contributed by atoms with E-state index in [2.05, 4.69) is 5.10 Å². The number of fused-ring (bicyclic) bond motifs is 1. The van der Waals surface area contributed by atoms with Gasteiger partial charge in [0.1, 0.15) is 0 Å². The Labute approximate surface area is 302 Å². The van der Waals surface area contributed by atoms with Crippen LogP contribution in [0.1, 0.15) is 82.0 Å². The van der Waals surface area contributed by atoms with Crippen molar-refractivity contribution in [3.05, 3.63) is 118 Å². The first-order chi connectivity index (χ1) is 24.4. The molecule has 0 bridgehead atoms. The minimum atomic E-state index is -4.46. The molecule has 266 valence electrons. The number of carbonyl (C=O) groups excluding carboxylic acids is 3. The molecule has 51 heavy (non-hydrogen) atoms. The average Bonchev–Trinajstić information content (AvgIpc) is 3.43. The first kappa shape index (κ1) is 37.1. The number of nitrogen functional groups attached to an aromatic ring is 1. The second-order valence-corrected chi connectivity index (χ2v) is 14.5. The van der Waals surface area contributed by atoms with E-state index in [1.165, 1.54) is 35.0 Å². The topological polar surface area (TPSA) is 162 Å². The van der Waals surface area contributed by atoms with Gasteiger partial charge < -0.3 is 16.4 Å². The number of amides is 3. The first-order valence-corrected chi connectivity index (χ1v) is 18.6. The first-order valence-electron chi connectivity index (χ1n) is 16.8. The number of aromatic nitrogens is 2. The summed E-state index contributed by atoms with van der Waals surface area (Å²) in [4.78, 5) is 42.5. The number of anilines is 1. The van der Waals surface area contributed by atoms with Gasteiger partial charge in [0.2, 0.25) is 0 Å². The van der Waals surface area contributed by atoms with Crippen molar-refractivity contribution in [1.82, 2.24) is 19.0 Å². The van der Waals surface area contributed by atoms with E-state index in [-0.39, 0.29) is 44.9 Å². The number of benzene rings is 4. The van der Waals surface area contributed by atoms with Crippen molar-refractivity contribution in [3.8, 4) is 5.69 Å². The Balaban J connectivity index is 1.57. The molecule has 3 amide bonds. The van der Waals surface area contributed by atoms with Crippen molar-refractivity contribution in [2.24, 2.45) is 5.73 Å². The van der Waals surface area contributed by atoms with Crippen LogP contribution in [0.2, 0.25) is 5.02 Å². The minimum absolute atomic E-state index is 0.0325. The molecule has 1 aromatic heterocycles. The molecule has 13 heteroatoms. The van der Waals surface area contributed by atoms with Crippen molar-refractivity contribution in [2.45, 2.75) is 57.9 Å². The number of carbonyl (C=O) groups is 3. The third-order valence-electron chi connectivity index (χ3n) is 8.74. The van der Waals surface area contributed by atoms with Gasteiger partial charge >= 0.3 is 0 Å². The van der Waals surface area contributed by atoms with Gasteiger partial charge in [-0.15, -0.1) is 0 Å². The van der Waals surface area contributed by atoms with Gasteiger partial charge in [0, 0.05) is 24.3 Å². The lowest BCUT2D eigenvalue weighted by molar-refractivity contribution is 0.0744. The van der Waals surface area contributed by atoms with E-state index in [4.69, 9.17) is 23.1 Å². The summed E-state index contributed by atoms with van der Waals surface area (Å²) in [5.41, 5.74) is 13.1. The third-order valence-corrected chi connectivity index (χ3v) is 10.9. The summed E-state index contributed by atoms with van der Waals surface area (Å²) >= 11 is 6.68. The fraction of sp³-hybridized carbons (Fsp3) is 0.263. The predicted octanol–water partition coefficient (Wildman–Crippen LogP) is 6.74. The van der Waals surface area contributed by atoms with Crippen LogP contribution in [0, 0.1) is 6.92 Å². The quantitative estimate of drug-likeness (QED) is 0.120. The summed E-state index contributed by atoms with van der Waals surface area (Å²) in [6.07, 6.45) is 3.45. The maximum Gasteiger partial charge on any atom is 0.275 e. The maximum atomic E-state index is 14.3. The van der Waals surface area contributed by atoms with Gasteiger partial charge in [-0.2, -0.15) is 5.10 Å². The van der Waals surface area contributed by atoms with Crippen LogP contribution >= 0.6 is 11.6 Å². The molecule has 0 radical (unpaired) electrons. The average molecular weight is 729 g/mol. The smallest absolute Gasteiger partial charge is 0.275 e. The number of unbranched alkanes of at least 4 members (excludes halogenated alkanes) is 2. The summed E-state index contributed by atoms with van der Waals surface area (Å²) in [5.74, 6) is -2.14. The Morgan fingerprint density at radius 2 is 1.49 bits per heavy atom. The number of rotatable bonds is 14. The van der Waals surface area contributed by atoms with Crippen LogP contribution < -0.4 is 11.5 Å². The van der Waals surface area contributed by atoms with E-state index in [1.807, 2.05) is 26.0 Å². The molecule has 0 spiro atoms. The van der Waals surface area contributed by atoms with Crippen LogP contribution in [0.4, 0.5) is 5.69 Å². The van der Waals surface area contributed by atoms with Crippen LogP contribution in [0.15, 0.2) is 89.8 Å². The summed E-state index contributed by atoms with van der Waals surface area (Å²) in [6.45, 7) is 6.47. The number of halogens is 1. The highest BCUT2D eigenvalue weighted by molar-refractivity contribution is 7.89. The summed E-state index contributed by atoms with van der Waals surface area (Å²) in [6, 6.07) is 22.6. The molecule has 0 atom stereocenters. The molecular formula is C38H41ClN6O5S. The zero-order valence-electron chi connectivity index (χ0n) is 28.8. The van der Waals surface area contributed by atoms with E-state index < -0.39 is 21.8 Å². The molecular weight excluding hydrogens is 688 g/mol. The van der Waals surface area contributed by atoms with Crippen molar-refractivity contribution in [2.75, 3.05) is 18.8 Å². The van der Waals surface area contributed by atoms with E-state index in [9.17, 15) is 22.8 Å². The zero-order valence-corrected chi connectivity index (χ0v) is 30.4. The van der Waals surface area contributed by atoms with Crippen LogP contribution in [-0.2, 0) is 16.6 Å². The Hall–Kier alpha value is -5.20. The van der Waals surface area contributed by atoms with Crippen LogP contribution in [0.3, 0.4) is 0 Å². The van der Waals surface area contributed by atoms with Crippen molar-refractivity contribution >= 4 is 55.8 Å². The van der Waals surface area contributed by atoms with Crippen molar-refractivity contribution in [3.63, 3.8) is 0 Å². The van der Waals surface area contributed by atoms with Gasteiger partial charge in [-0.3, -0.25) is 14.4 Å². The van der Waals surface area contributed by atoms with E-state index in [1.54, 1.807) is 54.3 Å². The van der Waals surface area contributed by atoms with Crippen molar-refractivity contribution in [1.29, 1.82) is 0 Å². The fourth-order valence-electron chi connectivity index (χ4n) is 5.77. The number of hydrogen-bond acceptors (Lipinski definition) is 7. The van der Waals surface area contributed by atoms with Gasteiger partial charge in [0.05, 0.1) is 33.4 Å². The highest BCUT2D eigenvalue weighted by Gasteiger charge is 2.32. The predicted molar refractivity (Wildman–Crippen MR) is 199 cm³/mol. The van der Waals surface area contributed by atoms with Gasteiger partial charge in [-0.25, -0.2) is 17.4 Å². The normalized spacial score (nSPS) is 11.5. The summed E-state index contributed by atoms with van der Waals surface area (Å²) in [7, 11) is -4.46. The largest absolute Gasteiger partial charge is 0.398 e. The molecule has 4 aromatic carbocycles. The molecule has 5 aromatic rings. The Kier molecular flexibility index (Phi) is 11.5. The molecule has 5 rings (SSSR count). The molecule has 0 aliphatic carbocycles. The molecule has 11 nitrogen and oxygen atoms in total. The van der Waals surface area contributed by atoms with E-state index in [0.717, 1.165) is 35.4 Å².